The smallest absolute Gasteiger partial charge is 0.222 e. The minimum atomic E-state index is 0.239. The summed E-state index contributed by atoms with van der Waals surface area (Å²) in [6.45, 7) is 9.93. The Kier molecular flexibility index (Phi) is 7.34. The Hall–Kier alpha value is -1.30. The molecule has 0 aliphatic carbocycles. The molecule has 2 rings (SSSR count). The van der Waals surface area contributed by atoms with Crippen LogP contribution in [0.2, 0.25) is 0 Å². The topological polar surface area (TPSA) is 60.0 Å². The first-order valence-corrected chi connectivity index (χ1v) is 9.41. The molecular formula is C18H35N5O. The van der Waals surface area contributed by atoms with Gasteiger partial charge in [-0.25, -0.2) is 0 Å². The molecule has 2 unspecified atom stereocenters. The fraction of sp³-hybridized carbons (Fsp3) is 0.889. The predicted molar refractivity (Wildman–Crippen MR) is 99.2 cm³/mol. The predicted octanol–water partition coefficient (Wildman–Crippen LogP) is 1.14. The van der Waals surface area contributed by atoms with Crippen molar-refractivity contribution in [2.75, 3.05) is 46.8 Å². The lowest BCUT2D eigenvalue weighted by atomic mass is 9.97. The van der Waals surface area contributed by atoms with E-state index in [1.54, 1.807) is 4.90 Å². The Morgan fingerprint density at radius 1 is 1.33 bits per heavy atom. The molecule has 2 aliphatic rings. The van der Waals surface area contributed by atoms with E-state index >= 15 is 0 Å². The summed E-state index contributed by atoms with van der Waals surface area (Å²) in [5.74, 6) is 2.52. The summed E-state index contributed by atoms with van der Waals surface area (Å²) >= 11 is 0. The molecule has 2 fully saturated rings. The number of guanidine groups is 1. The molecule has 138 valence electrons. The molecular weight excluding hydrogens is 302 g/mol. The van der Waals surface area contributed by atoms with Crippen molar-refractivity contribution in [3.8, 4) is 0 Å². The van der Waals surface area contributed by atoms with Crippen LogP contribution >= 0.6 is 0 Å². The number of hydrogen-bond donors (Lipinski definition) is 2. The largest absolute Gasteiger partial charge is 0.356 e. The molecule has 0 bridgehead atoms. The van der Waals surface area contributed by atoms with Gasteiger partial charge < -0.3 is 20.4 Å². The molecule has 0 aromatic rings. The number of nitrogens with one attached hydrogen (secondary N) is 2. The zero-order chi connectivity index (χ0) is 17.5. The number of nitrogens with zero attached hydrogens (tertiary/aromatic N) is 3. The number of likely N-dealkylation sites (N-methyl/N-ethyl adjacent to an activating group) is 1. The molecule has 24 heavy (non-hydrogen) atoms. The summed E-state index contributed by atoms with van der Waals surface area (Å²) in [6.07, 6.45) is 4.09. The first-order chi connectivity index (χ1) is 11.5. The van der Waals surface area contributed by atoms with Crippen LogP contribution in [0.3, 0.4) is 0 Å². The second-order valence-corrected chi connectivity index (χ2v) is 7.77. The molecule has 6 nitrogen and oxygen atoms in total. The highest BCUT2D eigenvalue weighted by molar-refractivity contribution is 5.81. The van der Waals surface area contributed by atoms with E-state index in [2.05, 4.69) is 34.4 Å². The molecule has 2 heterocycles. The zero-order valence-electron chi connectivity index (χ0n) is 15.8. The molecule has 0 aromatic carbocycles. The Balaban J connectivity index is 1.74. The minimum Gasteiger partial charge on any atom is -0.356 e. The van der Waals surface area contributed by atoms with E-state index in [1.807, 2.05) is 14.1 Å². The van der Waals surface area contributed by atoms with Crippen molar-refractivity contribution in [3.05, 3.63) is 0 Å². The van der Waals surface area contributed by atoms with Gasteiger partial charge in [-0.2, -0.15) is 0 Å². The van der Waals surface area contributed by atoms with Gasteiger partial charge in [0, 0.05) is 52.7 Å². The number of amides is 1. The van der Waals surface area contributed by atoms with Gasteiger partial charge in [-0.3, -0.25) is 9.79 Å². The van der Waals surface area contributed by atoms with Gasteiger partial charge in [0.25, 0.3) is 0 Å². The highest BCUT2D eigenvalue weighted by Gasteiger charge is 2.24. The monoisotopic (exact) mass is 337 g/mol. The third kappa shape index (κ3) is 5.96. The van der Waals surface area contributed by atoms with Crippen LogP contribution in [0.25, 0.3) is 0 Å². The van der Waals surface area contributed by atoms with E-state index in [4.69, 9.17) is 0 Å². The standard InChI is InChI=1S/C18H35N5O/c1-14(2)11-23-9-5-6-15(12-23)10-20-18(19-3)21-16-7-8-17(24)22(4)13-16/h14-16H,5-13H2,1-4H3,(H2,19,20,21). The lowest BCUT2D eigenvalue weighted by Crippen LogP contribution is -2.52. The van der Waals surface area contributed by atoms with Crippen molar-refractivity contribution in [2.45, 2.75) is 45.6 Å². The van der Waals surface area contributed by atoms with E-state index in [0.29, 0.717) is 18.4 Å². The third-order valence-corrected chi connectivity index (χ3v) is 4.98. The number of rotatable bonds is 5. The summed E-state index contributed by atoms with van der Waals surface area (Å²) < 4.78 is 0. The highest BCUT2D eigenvalue weighted by Crippen LogP contribution is 2.17. The fourth-order valence-corrected chi connectivity index (χ4v) is 3.76. The van der Waals surface area contributed by atoms with Crippen LogP contribution in [0, 0.1) is 11.8 Å². The average molecular weight is 338 g/mol. The van der Waals surface area contributed by atoms with Crippen LogP contribution in [0.5, 0.6) is 0 Å². The normalized spacial score (nSPS) is 26.8. The van der Waals surface area contributed by atoms with Crippen LogP contribution in [0.1, 0.15) is 39.5 Å². The fourth-order valence-electron chi connectivity index (χ4n) is 3.76. The van der Waals surface area contributed by atoms with Crippen molar-refractivity contribution in [2.24, 2.45) is 16.8 Å². The second-order valence-electron chi connectivity index (χ2n) is 7.77. The van der Waals surface area contributed by atoms with E-state index < -0.39 is 0 Å². The van der Waals surface area contributed by atoms with E-state index in [1.165, 1.54) is 32.5 Å². The second kappa shape index (κ2) is 9.25. The molecule has 2 aliphatic heterocycles. The van der Waals surface area contributed by atoms with Crippen LogP contribution in [-0.2, 0) is 4.79 Å². The number of carbonyl (C=O) groups is 1. The lowest BCUT2D eigenvalue weighted by molar-refractivity contribution is -0.132. The molecule has 6 heteroatoms. The Morgan fingerprint density at radius 2 is 2.12 bits per heavy atom. The maximum absolute atomic E-state index is 11.6. The number of hydrogen-bond acceptors (Lipinski definition) is 3. The molecule has 2 N–H and O–H groups in total. The Labute approximate surface area is 147 Å². The highest BCUT2D eigenvalue weighted by atomic mass is 16.2. The molecule has 0 saturated carbocycles. The number of aliphatic imine (C=N–C) groups is 1. The van der Waals surface area contributed by atoms with E-state index in [9.17, 15) is 4.79 Å². The van der Waals surface area contributed by atoms with Crippen molar-refractivity contribution in [1.29, 1.82) is 0 Å². The van der Waals surface area contributed by atoms with Crippen molar-refractivity contribution in [1.82, 2.24) is 20.4 Å². The summed E-state index contributed by atoms with van der Waals surface area (Å²) in [4.78, 5) is 20.3. The Bertz CT molecular complexity index is 437. The molecule has 0 radical (unpaired) electrons. The SMILES string of the molecule is CN=C(NCC1CCCN(CC(C)C)C1)NC1CCC(=O)N(C)C1. The number of carbonyl (C=O) groups excluding carboxylic acids is 1. The van der Waals surface area contributed by atoms with Crippen LogP contribution in [0.15, 0.2) is 4.99 Å². The van der Waals surface area contributed by atoms with Gasteiger partial charge >= 0.3 is 0 Å². The first-order valence-electron chi connectivity index (χ1n) is 9.41. The first kappa shape index (κ1) is 19.0. The quantitative estimate of drug-likeness (QED) is 0.583. The molecule has 0 aromatic heterocycles. The van der Waals surface area contributed by atoms with Gasteiger partial charge in [0.1, 0.15) is 0 Å². The van der Waals surface area contributed by atoms with Crippen molar-refractivity contribution < 1.29 is 4.79 Å². The zero-order valence-corrected chi connectivity index (χ0v) is 15.8. The average Bonchev–Trinajstić information content (AvgIpc) is 2.54. The van der Waals surface area contributed by atoms with Crippen LogP contribution in [0.4, 0.5) is 0 Å². The minimum absolute atomic E-state index is 0.239. The maximum atomic E-state index is 11.6. The molecule has 2 saturated heterocycles. The van der Waals surface area contributed by atoms with Gasteiger partial charge in [0.15, 0.2) is 5.96 Å². The summed E-state index contributed by atoms with van der Waals surface area (Å²) in [5.41, 5.74) is 0. The maximum Gasteiger partial charge on any atom is 0.222 e. The summed E-state index contributed by atoms with van der Waals surface area (Å²) in [7, 11) is 3.69. The Morgan fingerprint density at radius 3 is 2.79 bits per heavy atom. The lowest BCUT2D eigenvalue weighted by Gasteiger charge is -2.34. The van der Waals surface area contributed by atoms with Gasteiger partial charge in [0.2, 0.25) is 5.91 Å². The van der Waals surface area contributed by atoms with Crippen molar-refractivity contribution >= 4 is 11.9 Å². The van der Waals surface area contributed by atoms with Gasteiger partial charge in [-0.1, -0.05) is 13.8 Å². The molecule has 2 atom stereocenters. The van der Waals surface area contributed by atoms with Gasteiger partial charge in [-0.05, 0) is 37.6 Å². The molecule has 1 amide bonds. The summed E-state index contributed by atoms with van der Waals surface area (Å²) in [5, 5.41) is 6.97. The van der Waals surface area contributed by atoms with E-state index in [0.717, 1.165) is 31.4 Å². The van der Waals surface area contributed by atoms with Crippen molar-refractivity contribution in [3.63, 3.8) is 0 Å². The number of piperidine rings is 2. The van der Waals surface area contributed by atoms with Crippen LogP contribution < -0.4 is 10.6 Å². The van der Waals surface area contributed by atoms with Gasteiger partial charge in [-0.15, -0.1) is 0 Å². The van der Waals surface area contributed by atoms with E-state index in [-0.39, 0.29) is 5.91 Å². The third-order valence-electron chi connectivity index (χ3n) is 4.98. The number of likely N-dealkylation sites (tertiary alicyclic amines) is 2. The van der Waals surface area contributed by atoms with Crippen LogP contribution in [-0.4, -0.2) is 74.5 Å². The molecule has 0 spiro atoms. The van der Waals surface area contributed by atoms with Gasteiger partial charge in [0.05, 0.1) is 0 Å². The summed E-state index contributed by atoms with van der Waals surface area (Å²) in [6, 6.07) is 0.294.